The number of nitrogens with two attached hydrogens (primary N) is 1. The van der Waals surface area contributed by atoms with Gasteiger partial charge in [0.05, 0.1) is 10.9 Å². The van der Waals surface area contributed by atoms with Crippen molar-refractivity contribution >= 4 is 28.5 Å². The van der Waals surface area contributed by atoms with Crippen LogP contribution in [0.4, 0.5) is 5.82 Å². The molecular weight excluding hydrogens is 398 g/mol. The van der Waals surface area contributed by atoms with Gasteiger partial charge in [0.25, 0.3) is 0 Å². The average molecular weight is 422 g/mol. The molecule has 3 heterocycles. The first-order chi connectivity index (χ1) is 14.3. The number of hydrogen-bond donors (Lipinski definition) is 2. The lowest BCUT2D eigenvalue weighted by Crippen LogP contribution is -2.38. The van der Waals surface area contributed by atoms with Gasteiger partial charge >= 0.3 is 0 Å². The number of aromatic nitrogens is 5. The molecule has 0 amide bonds. The van der Waals surface area contributed by atoms with Crippen LogP contribution in [0.25, 0.3) is 22.3 Å². The lowest BCUT2D eigenvalue weighted by Gasteiger charge is -2.26. The van der Waals surface area contributed by atoms with Gasteiger partial charge in [0, 0.05) is 24.8 Å². The maximum Gasteiger partial charge on any atom is 0.164 e. The molecule has 4 aromatic rings. The van der Waals surface area contributed by atoms with Crippen LogP contribution in [0.1, 0.15) is 25.0 Å². The highest BCUT2D eigenvalue weighted by molar-refractivity contribution is 6.29. The van der Waals surface area contributed by atoms with Gasteiger partial charge in [-0.2, -0.15) is 5.10 Å². The summed E-state index contributed by atoms with van der Waals surface area (Å²) in [6.07, 6.45) is 3.19. The van der Waals surface area contributed by atoms with E-state index < -0.39 is 0 Å². The number of fused-ring (bicyclic) bond motifs is 1. The first-order valence-corrected chi connectivity index (χ1v) is 10.1. The highest BCUT2D eigenvalue weighted by Crippen LogP contribution is 2.33. The van der Waals surface area contributed by atoms with Crippen molar-refractivity contribution < 1.29 is 0 Å². The summed E-state index contributed by atoms with van der Waals surface area (Å²) in [7, 11) is 0. The number of nitrogen functional groups attached to an aromatic ring is 1. The summed E-state index contributed by atoms with van der Waals surface area (Å²) in [5, 5.41) is 9.67. The molecule has 4 rings (SSSR count). The molecule has 7 nitrogen and oxygen atoms in total. The molecule has 3 N–H and O–H groups in total. The molecule has 0 bridgehead atoms. The molecule has 154 valence electrons. The van der Waals surface area contributed by atoms with Crippen molar-refractivity contribution in [3.8, 4) is 11.3 Å². The lowest BCUT2D eigenvalue weighted by molar-refractivity contribution is 0.310. The lowest BCUT2D eigenvalue weighted by atomic mass is 10.1. The Morgan fingerprint density at radius 2 is 1.87 bits per heavy atom. The van der Waals surface area contributed by atoms with Crippen LogP contribution < -0.4 is 11.1 Å². The van der Waals surface area contributed by atoms with Crippen molar-refractivity contribution in [2.24, 2.45) is 0 Å². The van der Waals surface area contributed by atoms with Gasteiger partial charge in [-0.05, 0) is 38.5 Å². The Morgan fingerprint density at radius 1 is 1.10 bits per heavy atom. The number of nitrogens with zero attached hydrogens (tertiary/aromatic N) is 5. The zero-order valence-corrected chi connectivity index (χ0v) is 18.0. The Labute approximate surface area is 180 Å². The number of nitrogens with one attached hydrogen (secondary N) is 1. The quantitative estimate of drug-likeness (QED) is 0.457. The largest absolute Gasteiger partial charge is 0.383 e. The van der Waals surface area contributed by atoms with Crippen molar-refractivity contribution in [1.29, 1.82) is 0 Å². The summed E-state index contributed by atoms with van der Waals surface area (Å²) in [6.45, 7) is 7.63. The predicted octanol–water partition coefficient (Wildman–Crippen LogP) is 3.96. The number of benzene rings is 1. The van der Waals surface area contributed by atoms with Gasteiger partial charge in [0.15, 0.2) is 5.65 Å². The van der Waals surface area contributed by atoms with Crippen LogP contribution in [0.15, 0.2) is 48.9 Å². The van der Waals surface area contributed by atoms with E-state index in [1.54, 1.807) is 6.20 Å². The second-order valence-electron chi connectivity index (χ2n) is 7.99. The van der Waals surface area contributed by atoms with Crippen LogP contribution in [-0.4, -0.2) is 31.3 Å². The van der Waals surface area contributed by atoms with Gasteiger partial charge in [0.1, 0.15) is 23.0 Å². The van der Waals surface area contributed by atoms with Gasteiger partial charge in [-0.3, -0.25) is 0 Å². The first-order valence-electron chi connectivity index (χ1n) is 9.73. The molecule has 0 unspecified atom stereocenters. The molecule has 0 spiro atoms. The van der Waals surface area contributed by atoms with Gasteiger partial charge < -0.3 is 11.1 Å². The van der Waals surface area contributed by atoms with Crippen LogP contribution in [0.2, 0.25) is 5.15 Å². The fraction of sp³-hybridized carbons (Fsp3) is 0.273. The predicted molar refractivity (Wildman–Crippen MR) is 120 cm³/mol. The smallest absolute Gasteiger partial charge is 0.164 e. The van der Waals surface area contributed by atoms with E-state index >= 15 is 0 Å². The number of rotatable bonds is 6. The van der Waals surface area contributed by atoms with Crippen molar-refractivity contribution in [2.45, 2.75) is 32.9 Å². The normalized spacial score (nSPS) is 11.9. The topological polar surface area (TPSA) is 94.5 Å². The SMILES string of the molecule is Cc1ccc(-c2nn(C(C)(C)CNCc3ccnc(Cl)c3)c3ncnc(N)c23)cc1. The van der Waals surface area contributed by atoms with E-state index in [0.717, 1.165) is 27.9 Å². The molecule has 0 aliphatic carbocycles. The summed E-state index contributed by atoms with van der Waals surface area (Å²) in [4.78, 5) is 12.7. The zero-order chi connectivity index (χ0) is 21.3. The maximum atomic E-state index is 6.23. The Balaban J connectivity index is 1.67. The third kappa shape index (κ3) is 3.99. The minimum absolute atomic E-state index is 0.362. The van der Waals surface area contributed by atoms with Crippen LogP contribution in [0.3, 0.4) is 0 Å². The molecule has 30 heavy (non-hydrogen) atoms. The second kappa shape index (κ2) is 8.01. The third-order valence-corrected chi connectivity index (χ3v) is 5.28. The van der Waals surface area contributed by atoms with Crippen LogP contribution in [-0.2, 0) is 12.1 Å². The van der Waals surface area contributed by atoms with E-state index in [1.807, 2.05) is 28.9 Å². The van der Waals surface area contributed by atoms with Gasteiger partial charge in [-0.25, -0.2) is 19.6 Å². The van der Waals surface area contributed by atoms with Crippen molar-refractivity contribution in [3.63, 3.8) is 0 Å². The number of hydrogen-bond acceptors (Lipinski definition) is 6. The van der Waals surface area contributed by atoms with E-state index in [9.17, 15) is 0 Å². The van der Waals surface area contributed by atoms with Crippen molar-refractivity contribution in [1.82, 2.24) is 30.0 Å². The minimum Gasteiger partial charge on any atom is -0.383 e. The van der Waals surface area contributed by atoms with Crippen LogP contribution >= 0.6 is 11.6 Å². The van der Waals surface area contributed by atoms with Crippen LogP contribution in [0.5, 0.6) is 0 Å². The third-order valence-electron chi connectivity index (χ3n) is 5.07. The Kier molecular flexibility index (Phi) is 5.40. The summed E-state index contributed by atoms with van der Waals surface area (Å²) in [5.74, 6) is 0.428. The number of halogens is 1. The Bertz CT molecular complexity index is 1180. The van der Waals surface area contributed by atoms with Gasteiger partial charge in [0.2, 0.25) is 0 Å². The summed E-state index contributed by atoms with van der Waals surface area (Å²) in [5.41, 5.74) is 10.6. The number of pyridine rings is 1. The zero-order valence-electron chi connectivity index (χ0n) is 17.2. The average Bonchev–Trinajstić information content (AvgIpc) is 3.10. The standard InChI is InChI=1S/C22H24ClN7/c1-14-4-6-16(7-5-14)19-18-20(24)27-13-28-21(18)30(29-19)22(2,3)12-25-11-15-8-9-26-17(23)10-15/h4-10,13,25H,11-12H2,1-3H3,(H2,24,27,28). The maximum absolute atomic E-state index is 6.23. The minimum atomic E-state index is -0.362. The molecule has 0 aliphatic rings. The van der Waals surface area contributed by atoms with E-state index in [2.05, 4.69) is 53.2 Å². The molecule has 0 atom stereocenters. The molecule has 0 saturated carbocycles. The first kappa shape index (κ1) is 20.3. The fourth-order valence-corrected chi connectivity index (χ4v) is 3.65. The van der Waals surface area contributed by atoms with E-state index in [0.29, 0.717) is 24.1 Å². The summed E-state index contributed by atoms with van der Waals surface area (Å²) in [6, 6.07) is 12.0. The van der Waals surface area contributed by atoms with Gasteiger partial charge in [-0.15, -0.1) is 0 Å². The molecule has 0 radical (unpaired) electrons. The molecule has 0 fully saturated rings. The number of anilines is 1. The summed E-state index contributed by atoms with van der Waals surface area (Å²) >= 11 is 5.98. The van der Waals surface area contributed by atoms with E-state index in [-0.39, 0.29) is 5.54 Å². The van der Waals surface area contributed by atoms with Crippen molar-refractivity contribution in [3.05, 3.63) is 65.2 Å². The highest BCUT2D eigenvalue weighted by Gasteiger charge is 2.27. The molecule has 1 aromatic carbocycles. The fourth-order valence-electron chi connectivity index (χ4n) is 3.45. The molecule has 3 aromatic heterocycles. The summed E-state index contributed by atoms with van der Waals surface area (Å²) < 4.78 is 1.93. The molecule has 0 aliphatic heterocycles. The highest BCUT2D eigenvalue weighted by atomic mass is 35.5. The van der Waals surface area contributed by atoms with Crippen LogP contribution in [0, 0.1) is 6.92 Å². The second-order valence-corrected chi connectivity index (χ2v) is 8.37. The van der Waals surface area contributed by atoms with E-state index in [4.69, 9.17) is 22.4 Å². The van der Waals surface area contributed by atoms with Crippen molar-refractivity contribution in [2.75, 3.05) is 12.3 Å². The Morgan fingerprint density at radius 3 is 2.60 bits per heavy atom. The van der Waals surface area contributed by atoms with E-state index in [1.165, 1.54) is 11.9 Å². The molecule has 8 heteroatoms. The van der Waals surface area contributed by atoms with Gasteiger partial charge in [-0.1, -0.05) is 41.4 Å². The monoisotopic (exact) mass is 421 g/mol. The molecule has 0 saturated heterocycles. The molecular formula is C22H24ClN7. The number of aryl methyl sites for hydroxylation is 1. The Hall–Kier alpha value is -3.03.